The van der Waals surface area contributed by atoms with E-state index in [4.69, 9.17) is 4.74 Å². The molecule has 0 spiro atoms. The molecule has 3 rings (SSSR count). The second kappa shape index (κ2) is 10.7. The predicted molar refractivity (Wildman–Crippen MR) is 121 cm³/mol. The molecule has 1 amide bonds. The third-order valence-corrected chi connectivity index (χ3v) is 7.09. The number of hydrogen-bond donors (Lipinski definition) is 1. The highest BCUT2D eigenvalue weighted by atomic mass is 32.2. The normalized spacial score (nSPS) is 11.8. The highest BCUT2D eigenvalue weighted by Gasteiger charge is 2.22. The monoisotopic (exact) mass is 478 g/mol. The van der Waals surface area contributed by atoms with Crippen molar-refractivity contribution in [3.8, 4) is 10.7 Å². The number of esters is 1. The van der Waals surface area contributed by atoms with Crippen molar-refractivity contribution in [3.63, 3.8) is 0 Å². The summed E-state index contributed by atoms with van der Waals surface area (Å²) in [4.78, 5) is 38.2. The molecule has 0 aromatic carbocycles. The third kappa shape index (κ3) is 6.02. The van der Waals surface area contributed by atoms with Crippen molar-refractivity contribution in [1.29, 1.82) is 0 Å². The van der Waals surface area contributed by atoms with E-state index in [0.29, 0.717) is 23.1 Å². The van der Waals surface area contributed by atoms with Crippen LogP contribution in [0.1, 0.15) is 35.3 Å². The second-order valence-electron chi connectivity index (χ2n) is 6.49. The van der Waals surface area contributed by atoms with Gasteiger partial charge in [0.1, 0.15) is 0 Å². The number of thiophene rings is 2. The predicted octanol–water partition coefficient (Wildman–Crippen LogP) is 3.63. The topological polar surface area (TPSA) is 103 Å². The number of ether oxygens (including phenoxy) is 1. The van der Waals surface area contributed by atoms with Crippen LogP contribution in [0.5, 0.6) is 0 Å². The van der Waals surface area contributed by atoms with Gasteiger partial charge in [-0.1, -0.05) is 17.8 Å². The molecular weight excluding hydrogens is 456 g/mol. The van der Waals surface area contributed by atoms with E-state index in [1.165, 1.54) is 30.0 Å². The Morgan fingerprint density at radius 1 is 1.26 bits per heavy atom. The van der Waals surface area contributed by atoms with Crippen LogP contribution in [-0.2, 0) is 27.4 Å². The van der Waals surface area contributed by atoms with Gasteiger partial charge in [-0.05, 0) is 37.4 Å². The lowest BCUT2D eigenvalue weighted by Crippen LogP contribution is -2.24. The van der Waals surface area contributed by atoms with Crippen molar-refractivity contribution in [2.75, 3.05) is 5.75 Å². The molecule has 0 aliphatic carbocycles. The molecule has 3 aromatic heterocycles. The highest BCUT2D eigenvalue weighted by molar-refractivity contribution is 7.99. The van der Waals surface area contributed by atoms with E-state index in [-0.39, 0.29) is 17.4 Å². The first-order valence-electron chi connectivity index (χ1n) is 9.55. The van der Waals surface area contributed by atoms with Crippen LogP contribution in [0.4, 0.5) is 0 Å². The summed E-state index contributed by atoms with van der Waals surface area (Å²) in [5.41, 5.74) is 0. The van der Waals surface area contributed by atoms with Crippen molar-refractivity contribution < 1.29 is 19.1 Å². The maximum Gasteiger partial charge on any atom is 0.317 e. The smallest absolute Gasteiger partial charge is 0.317 e. The number of carbonyl (C=O) groups excluding carboxylic acids is 3. The Morgan fingerprint density at radius 2 is 2.06 bits per heavy atom. The molecular formula is C20H22N4O4S3. The van der Waals surface area contributed by atoms with E-state index >= 15 is 0 Å². The average Bonchev–Trinajstić information content (AvgIpc) is 3.50. The molecule has 0 fully saturated rings. The van der Waals surface area contributed by atoms with Gasteiger partial charge >= 0.3 is 5.97 Å². The lowest BCUT2D eigenvalue weighted by atomic mass is 10.2. The maximum absolute atomic E-state index is 12.6. The number of carbonyl (C=O) groups is 3. The van der Waals surface area contributed by atoms with Crippen molar-refractivity contribution in [1.82, 2.24) is 20.1 Å². The van der Waals surface area contributed by atoms with E-state index in [0.717, 1.165) is 15.6 Å². The molecule has 0 bridgehead atoms. The van der Waals surface area contributed by atoms with Crippen molar-refractivity contribution in [3.05, 3.63) is 39.4 Å². The van der Waals surface area contributed by atoms with Crippen molar-refractivity contribution in [2.45, 2.75) is 45.1 Å². The van der Waals surface area contributed by atoms with Gasteiger partial charge in [0.05, 0.1) is 22.1 Å². The number of aromatic nitrogens is 3. The van der Waals surface area contributed by atoms with Gasteiger partial charge in [0.2, 0.25) is 11.7 Å². The minimum absolute atomic E-state index is 0.0262. The quantitative estimate of drug-likeness (QED) is 0.270. The molecule has 3 aromatic rings. The number of Topliss-reactive ketones (excluding diaryl/α,β-unsaturated/α-hetero) is 1. The minimum Gasteiger partial charge on any atom is -0.454 e. The van der Waals surface area contributed by atoms with Crippen LogP contribution < -0.4 is 5.32 Å². The summed E-state index contributed by atoms with van der Waals surface area (Å²) in [6.45, 7) is 6.02. The fourth-order valence-corrected chi connectivity index (χ4v) is 5.16. The molecule has 1 N–H and O–H groups in total. The molecule has 0 saturated carbocycles. The molecule has 0 saturated heterocycles. The SMILES string of the molecule is CCn1c(SCC(=O)OC(C)C(=O)c2ccc(CNC(C)=O)s2)nnc1-c1cccs1. The van der Waals surface area contributed by atoms with Gasteiger partial charge in [-0.25, -0.2) is 0 Å². The molecule has 8 nitrogen and oxygen atoms in total. The summed E-state index contributed by atoms with van der Waals surface area (Å²) >= 11 is 4.08. The van der Waals surface area contributed by atoms with E-state index in [1.807, 2.05) is 29.0 Å². The Morgan fingerprint density at radius 3 is 2.74 bits per heavy atom. The number of rotatable bonds is 10. The number of amides is 1. The Bertz CT molecular complexity index is 1060. The van der Waals surface area contributed by atoms with Crippen molar-refractivity contribution >= 4 is 52.1 Å². The fraction of sp³-hybridized carbons (Fsp3) is 0.350. The zero-order valence-corrected chi connectivity index (χ0v) is 19.7. The largest absolute Gasteiger partial charge is 0.454 e. The Labute approximate surface area is 192 Å². The van der Waals surface area contributed by atoms with E-state index < -0.39 is 12.1 Å². The van der Waals surface area contributed by atoms with Crippen LogP contribution >= 0.6 is 34.4 Å². The number of nitrogens with zero attached hydrogens (tertiary/aromatic N) is 3. The first kappa shape index (κ1) is 23.2. The van der Waals surface area contributed by atoms with Gasteiger partial charge in [-0.3, -0.25) is 14.4 Å². The van der Waals surface area contributed by atoms with Crippen LogP contribution in [0.2, 0.25) is 0 Å². The van der Waals surface area contributed by atoms with Crippen LogP contribution in [0.3, 0.4) is 0 Å². The van der Waals surface area contributed by atoms with E-state index in [9.17, 15) is 14.4 Å². The highest BCUT2D eigenvalue weighted by Crippen LogP contribution is 2.27. The summed E-state index contributed by atoms with van der Waals surface area (Å²) in [6, 6.07) is 7.39. The van der Waals surface area contributed by atoms with E-state index in [1.54, 1.807) is 30.4 Å². The lowest BCUT2D eigenvalue weighted by molar-refractivity contribution is -0.143. The molecule has 3 heterocycles. The van der Waals surface area contributed by atoms with Crippen LogP contribution in [-0.4, -0.2) is 44.3 Å². The molecule has 0 aliphatic rings. The van der Waals surface area contributed by atoms with Gasteiger partial charge in [0.15, 0.2) is 17.1 Å². The number of hydrogen-bond acceptors (Lipinski definition) is 9. The van der Waals surface area contributed by atoms with Gasteiger partial charge in [-0.15, -0.1) is 32.9 Å². The minimum atomic E-state index is -0.897. The van der Waals surface area contributed by atoms with Crippen LogP contribution in [0, 0.1) is 0 Å². The summed E-state index contributed by atoms with van der Waals surface area (Å²) < 4.78 is 7.27. The molecule has 11 heteroatoms. The number of nitrogens with one attached hydrogen (secondary N) is 1. The van der Waals surface area contributed by atoms with Crippen LogP contribution in [0.15, 0.2) is 34.8 Å². The Hall–Kier alpha value is -2.50. The summed E-state index contributed by atoms with van der Waals surface area (Å²) in [6.07, 6.45) is -0.897. The average molecular weight is 479 g/mol. The zero-order chi connectivity index (χ0) is 22.4. The molecule has 0 radical (unpaired) electrons. The number of thioether (sulfide) groups is 1. The van der Waals surface area contributed by atoms with Gasteiger partial charge in [0.25, 0.3) is 0 Å². The fourth-order valence-electron chi connectivity index (χ4n) is 2.69. The molecule has 31 heavy (non-hydrogen) atoms. The maximum atomic E-state index is 12.6. The third-order valence-electron chi connectivity index (χ3n) is 4.19. The van der Waals surface area contributed by atoms with E-state index in [2.05, 4.69) is 15.5 Å². The number of ketones is 1. The molecule has 1 unspecified atom stereocenters. The standard InChI is InChI=1S/C20H22N4O4S3/c1-4-24-19(16-6-5-9-29-16)22-23-20(24)30-11-17(26)28-12(2)18(27)15-8-7-14(31-15)10-21-13(3)25/h5-9,12H,4,10-11H2,1-3H3,(H,21,25). The summed E-state index contributed by atoms with van der Waals surface area (Å²) in [7, 11) is 0. The first-order chi connectivity index (χ1) is 14.9. The lowest BCUT2D eigenvalue weighted by Gasteiger charge is -2.11. The Balaban J connectivity index is 1.54. The van der Waals surface area contributed by atoms with Gasteiger partial charge in [-0.2, -0.15) is 0 Å². The first-order valence-corrected chi connectivity index (χ1v) is 12.2. The molecule has 1 atom stereocenters. The Kier molecular flexibility index (Phi) is 7.99. The zero-order valence-electron chi connectivity index (χ0n) is 17.3. The van der Waals surface area contributed by atoms with Gasteiger partial charge < -0.3 is 14.6 Å². The van der Waals surface area contributed by atoms with Crippen molar-refractivity contribution in [2.24, 2.45) is 0 Å². The summed E-state index contributed by atoms with van der Waals surface area (Å²) in [5.74, 6) is -0.108. The second-order valence-corrected chi connectivity index (χ2v) is 9.55. The van der Waals surface area contributed by atoms with Gasteiger partial charge in [0, 0.05) is 18.3 Å². The molecule has 0 aliphatic heterocycles. The summed E-state index contributed by atoms with van der Waals surface area (Å²) in [5, 5.41) is 13.7. The van der Waals surface area contributed by atoms with Crippen LogP contribution in [0.25, 0.3) is 10.7 Å². The molecule has 164 valence electrons.